The highest BCUT2D eigenvalue weighted by Gasteiger charge is 2.15. The van der Waals surface area contributed by atoms with Crippen LogP contribution in [0.25, 0.3) is 0 Å². The Bertz CT molecular complexity index is 686. The zero-order valence-corrected chi connectivity index (χ0v) is 11.8. The Morgan fingerprint density at radius 2 is 2.33 bits per heavy atom. The lowest BCUT2D eigenvalue weighted by atomic mass is 10.1. The van der Waals surface area contributed by atoms with Crippen LogP contribution in [-0.4, -0.2) is 31.8 Å². The van der Waals surface area contributed by atoms with Crippen molar-refractivity contribution in [1.29, 1.82) is 0 Å². The quantitative estimate of drug-likeness (QED) is 0.430. The van der Waals surface area contributed by atoms with Crippen molar-refractivity contribution in [2.75, 3.05) is 16.8 Å². The number of aromatic nitrogens is 3. The van der Waals surface area contributed by atoms with Crippen LogP contribution in [0.15, 0.2) is 23.4 Å². The topological polar surface area (TPSA) is 140 Å². The van der Waals surface area contributed by atoms with Crippen LogP contribution in [0.2, 0.25) is 0 Å². The van der Waals surface area contributed by atoms with Crippen LogP contribution in [0.1, 0.15) is 5.56 Å². The van der Waals surface area contributed by atoms with Gasteiger partial charge in [0.25, 0.3) is 5.69 Å². The monoisotopic (exact) mass is 308 g/mol. The molecule has 0 saturated carbocycles. The standard InChI is InChI=1S/C11H12N6O3S/c1-6-7(3-2-4-8(6)17(19)20)13-9(18)5-21-11-14-10(12)15-16-11/h2-4H,5H2,1H3,(H,13,18)(H3,12,14,15,16). The number of anilines is 2. The number of rotatable bonds is 5. The minimum absolute atomic E-state index is 0.0396. The number of carbonyl (C=O) groups is 1. The van der Waals surface area contributed by atoms with Crippen LogP contribution < -0.4 is 11.1 Å². The summed E-state index contributed by atoms with van der Waals surface area (Å²) in [6, 6.07) is 4.51. The van der Waals surface area contributed by atoms with Gasteiger partial charge in [-0.25, -0.2) is 5.10 Å². The number of nitrogens with one attached hydrogen (secondary N) is 2. The highest BCUT2D eigenvalue weighted by Crippen LogP contribution is 2.25. The largest absolute Gasteiger partial charge is 0.368 e. The van der Waals surface area contributed by atoms with Crippen molar-refractivity contribution in [2.24, 2.45) is 0 Å². The summed E-state index contributed by atoms with van der Waals surface area (Å²) in [5.41, 5.74) is 6.14. The van der Waals surface area contributed by atoms with E-state index in [-0.39, 0.29) is 23.3 Å². The summed E-state index contributed by atoms with van der Waals surface area (Å²) in [5, 5.41) is 20.1. The van der Waals surface area contributed by atoms with Gasteiger partial charge in [-0.15, -0.1) is 5.10 Å². The number of hydrogen-bond acceptors (Lipinski definition) is 7. The molecule has 4 N–H and O–H groups in total. The van der Waals surface area contributed by atoms with E-state index >= 15 is 0 Å². The van der Waals surface area contributed by atoms with E-state index in [1.165, 1.54) is 12.1 Å². The second-order valence-electron chi connectivity index (χ2n) is 4.05. The Hall–Kier alpha value is -2.62. The third-order valence-corrected chi connectivity index (χ3v) is 3.44. The van der Waals surface area contributed by atoms with Crippen molar-refractivity contribution in [1.82, 2.24) is 15.2 Å². The summed E-state index contributed by atoms with van der Waals surface area (Å²) < 4.78 is 0. The van der Waals surface area contributed by atoms with Gasteiger partial charge in [0.05, 0.1) is 21.9 Å². The molecule has 21 heavy (non-hydrogen) atoms. The van der Waals surface area contributed by atoms with Crippen LogP contribution in [0, 0.1) is 17.0 Å². The first kappa shape index (κ1) is 14.8. The Labute approximate surface area is 123 Å². The predicted octanol–water partition coefficient (Wildman–Crippen LogP) is 1.33. The minimum atomic E-state index is -0.490. The molecular weight excluding hydrogens is 296 g/mol. The molecule has 0 fully saturated rings. The van der Waals surface area contributed by atoms with Crippen molar-refractivity contribution >= 4 is 35.0 Å². The van der Waals surface area contributed by atoms with E-state index in [1.54, 1.807) is 13.0 Å². The minimum Gasteiger partial charge on any atom is -0.368 e. The molecule has 0 atom stereocenters. The van der Waals surface area contributed by atoms with E-state index < -0.39 is 4.92 Å². The molecule has 0 bridgehead atoms. The van der Waals surface area contributed by atoms with Crippen LogP contribution in [0.3, 0.4) is 0 Å². The van der Waals surface area contributed by atoms with Crippen LogP contribution in [-0.2, 0) is 4.79 Å². The molecule has 0 aliphatic rings. The summed E-state index contributed by atoms with van der Waals surface area (Å²) in [6.45, 7) is 1.58. The molecule has 0 aliphatic heterocycles. The molecule has 0 aliphatic carbocycles. The fourth-order valence-electron chi connectivity index (χ4n) is 1.60. The first-order valence-corrected chi connectivity index (χ1v) is 6.80. The molecule has 110 valence electrons. The van der Waals surface area contributed by atoms with Crippen molar-refractivity contribution in [3.8, 4) is 0 Å². The fraction of sp³-hybridized carbons (Fsp3) is 0.182. The Kier molecular flexibility index (Phi) is 4.38. The molecule has 0 unspecified atom stereocenters. The molecule has 2 aromatic rings. The third kappa shape index (κ3) is 3.69. The summed E-state index contributed by atoms with van der Waals surface area (Å²) in [4.78, 5) is 26.0. The van der Waals surface area contributed by atoms with Gasteiger partial charge in [-0.1, -0.05) is 17.8 Å². The van der Waals surface area contributed by atoms with Crippen molar-refractivity contribution in [3.05, 3.63) is 33.9 Å². The summed E-state index contributed by atoms with van der Waals surface area (Å²) in [7, 11) is 0. The number of nitrogen functional groups attached to an aromatic ring is 1. The molecule has 1 heterocycles. The van der Waals surface area contributed by atoms with Crippen molar-refractivity contribution in [3.63, 3.8) is 0 Å². The van der Waals surface area contributed by atoms with Crippen LogP contribution in [0.5, 0.6) is 0 Å². The maximum absolute atomic E-state index is 11.8. The average Bonchev–Trinajstić information content (AvgIpc) is 2.84. The molecule has 1 aromatic carbocycles. The number of nitrogens with zero attached hydrogens (tertiary/aromatic N) is 3. The number of nitro groups is 1. The predicted molar refractivity (Wildman–Crippen MR) is 78.0 cm³/mol. The van der Waals surface area contributed by atoms with Gasteiger partial charge in [-0.05, 0) is 13.0 Å². The lowest BCUT2D eigenvalue weighted by Crippen LogP contribution is -2.15. The van der Waals surface area contributed by atoms with E-state index in [0.717, 1.165) is 11.8 Å². The molecule has 1 amide bonds. The Balaban J connectivity index is 1.99. The Morgan fingerprint density at radius 1 is 1.57 bits per heavy atom. The highest BCUT2D eigenvalue weighted by molar-refractivity contribution is 7.99. The lowest BCUT2D eigenvalue weighted by Gasteiger charge is -2.07. The van der Waals surface area contributed by atoms with Crippen LogP contribution >= 0.6 is 11.8 Å². The number of H-pyrrole nitrogens is 1. The number of benzene rings is 1. The van der Waals surface area contributed by atoms with Gasteiger partial charge < -0.3 is 11.1 Å². The zero-order valence-electron chi connectivity index (χ0n) is 11.0. The average molecular weight is 308 g/mol. The van der Waals surface area contributed by atoms with E-state index in [9.17, 15) is 14.9 Å². The maximum atomic E-state index is 11.8. The number of aromatic amines is 1. The molecule has 9 nitrogen and oxygen atoms in total. The van der Waals surface area contributed by atoms with Crippen LogP contribution in [0.4, 0.5) is 17.3 Å². The van der Waals surface area contributed by atoms with Gasteiger partial charge in [0.2, 0.25) is 17.0 Å². The number of hydrogen-bond donors (Lipinski definition) is 3. The van der Waals surface area contributed by atoms with Gasteiger partial charge in [-0.2, -0.15) is 4.98 Å². The fourth-order valence-corrected chi connectivity index (χ4v) is 2.20. The van der Waals surface area contributed by atoms with Gasteiger partial charge >= 0.3 is 0 Å². The zero-order chi connectivity index (χ0) is 15.4. The second kappa shape index (κ2) is 6.22. The number of carbonyl (C=O) groups excluding carboxylic acids is 1. The Morgan fingerprint density at radius 3 is 2.95 bits per heavy atom. The summed E-state index contributed by atoms with van der Waals surface area (Å²) in [5.74, 6) is -0.0706. The van der Waals surface area contributed by atoms with Gasteiger partial charge in [0.1, 0.15) is 0 Å². The van der Waals surface area contributed by atoms with Crippen molar-refractivity contribution < 1.29 is 9.72 Å². The van der Waals surface area contributed by atoms with E-state index in [2.05, 4.69) is 20.5 Å². The van der Waals surface area contributed by atoms with E-state index in [4.69, 9.17) is 5.73 Å². The number of nitrogens with two attached hydrogens (primary N) is 1. The molecule has 10 heteroatoms. The molecule has 0 spiro atoms. The molecule has 0 saturated heterocycles. The van der Waals surface area contributed by atoms with Crippen molar-refractivity contribution in [2.45, 2.75) is 12.1 Å². The first-order chi connectivity index (χ1) is 9.97. The highest BCUT2D eigenvalue weighted by atomic mass is 32.2. The number of nitro benzene ring substituents is 1. The molecule has 1 aromatic heterocycles. The maximum Gasteiger partial charge on any atom is 0.274 e. The third-order valence-electron chi connectivity index (χ3n) is 2.59. The molecule has 0 radical (unpaired) electrons. The summed E-state index contributed by atoms with van der Waals surface area (Å²) in [6.07, 6.45) is 0. The van der Waals surface area contributed by atoms with Gasteiger partial charge in [0.15, 0.2) is 0 Å². The molecule has 2 rings (SSSR count). The normalized spacial score (nSPS) is 10.3. The molecular formula is C11H12N6O3S. The number of amides is 1. The summed E-state index contributed by atoms with van der Waals surface area (Å²) >= 11 is 1.11. The smallest absolute Gasteiger partial charge is 0.274 e. The van der Waals surface area contributed by atoms with Gasteiger partial charge in [0, 0.05) is 6.07 Å². The number of thioether (sulfide) groups is 1. The SMILES string of the molecule is Cc1c(NC(=O)CSc2n[nH]c(N)n2)cccc1[N+](=O)[O-]. The van der Waals surface area contributed by atoms with Gasteiger partial charge in [-0.3, -0.25) is 14.9 Å². The lowest BCUT2D eigenvalue weighted by molar-refractivity contribution is -0.385. The van der Waals surface area contributed by atoms with E-state index in [1.807, 2.05) is 0 Å². The van der Waals surface area contributed by atoms with E-state index in [0.29, 0.717) is 16.4 Å². The second-order valence-corrected chi connectivity index (χ2v) is 4.99. The first-order valence-electron chi connectivity index (χ1n) is 5.82.